The van der Waals surface area contributed by atoms with Gasteiger partial charge in [-0.1, -0.05) is 263 Å². The zero-order chi connectivity index (χ0) is 51.8. The Labute approximate surface area is 447 Å². The Kier molecular flexibility index (Phi) is 16.6. The van der Waals surface area contributed by atoms with Crippen LogP contribution in [0.3, 0.4) is 0 Å². The summed E-state index contributed by atoms with van der Waals surface area (Å²) >= 11 is 0. The van der Waals surface area contributed by atoms with E-state index in [4.69, 9.17) is 0 Å². The number of aryl methyl sites for hydroxylation is 7. The number of unbranched alkanes of at least 4 members (excludes halogenated alkanes) is 10. The van der Waals surface area contributed by atoms with E-state index in [0.717, 1.165) is 17.1 Å². The molecule has 0 radical (unpaired) electrons. The number of hydrogen-bond acceptors (Lipinski definition) is 1. The summed E-state index contributed by atoms with van der Waals surface area (Å²) in [7, 11) is 0. The molecule has 0 fully saturated rings. The molecule has 10 rings (SSSR count). The van der Waals surface area contributed by atoms with Gasteiger partial charge >= 0.3 is 0 Å². The Hall–Kier alpha value is -6.44. The Morgan fingerprint density at radius 2 is 0.554 bits per heavy atom. The van der Waals surface area contributed by atoms with E-state index >= 15 is 0 Å². The van der Waals surface area contributed by atoms with E-state index in [9.17, 15) is 0 Å². The highest BCUT2D eigenvalue weighted by Gasteiger charge is 2.46. The maximum Gasteiger partial charge on any atom is 0.0713 e. The Bertz CT molecular complexity index is 2960. The molecular weight excluding hydrogens is 891 g/mol. The van der Waals surface area contributed by atoms with Crippen LogP contribution in [0.4, 0.5) is 17.1 Å². The summed E-state index contributed by atoms with van der Waals surface area (Å²) in [6, 6.07) is 64.5. The van der Waals surface area contributed by atoms with Gasteiger partial charge in [0, 0.05) is 22.5 Å². The molecule has 2 aliphatic carbocycles. The minimum absolute atomic E-state index is 0.234. The molecule has 0 aliphatic heterocycles. The van der Waals surface area contributed by atoms with Gasteiger partial charge in [-0.25, -0.2) is 0 Å². The van der Waals surface area contributed by atoms with Crippen molar-refractivity contribution in [3.05, 3.63) is 242 Å². The van der Waals surface area contributed by atoms with E-state index in [1.165, 1.54) is 173 Å². The van der Waals surface area contributed by atoms with Gasteiger partial charge in [0.25, 0.3) is 0 Å². The van der Waals surface area contributed by atoms with E-state index in [1.54, 1.807) is 11.1 Å². The molecule has 0 atom stereocenters. The van der Waals surface area contributed by atoms with Crippen LogP contribution in [0.1, 0.15) is 176 Å². The SMILES string of the molecule is CCCCCCCCC1(CCCCCCCC)c2cc(C)ccc2-c2ccc(C)cc21.Cc1ccc(N(c2ccc(C)cc2)c2ccc(C3(c4ccc(C)cc4)c4cc(C)ccc4-c4ccc(C)cc43)cc2)cc1. The second-order valence-electron chi connectivity index (χ2n) is 22.5. The number of fused-ring (bicyclic) bond motifs is 6. The third-order valence-electron chi connectivity index (χ3n) is 16.7. The molecule has 1 nitrogen and oxygen atoms in total. The molecule has 0 spiro atoms. The summed E-state index contributed by atoms with van der Waals surface area (Å²) < 4.78 is 0. The average Bonchev–Trinajstić information content (AvgIpc) is 3.83. The standard InChI is InChI=1S/C42H37N.C31H46/c1-28-6-14-33(15-7-28)42(40-26-31(4)12-24-38(40)39-25-13-32(5)27-41(39)42)34-16-22-37(23-17-34)43(35-18-8-29(2)9-19-35)36-20-10-30(3)11-21-36;1-5-7-9-11-13-15-21-31(22-16-14-12-10-8-6-2)29-23-25(3)17-19-27(29)28-20-18-26(4)24-30(28)31/h6-27H,1-5H3;17-20,23-24H,5-16,21-22H2,1-4H3. The molecule has 0 amide bonds. The molecule has 380 valence electrons. The largest absolute Gasteiger partial charge is 0.311 e. The summed E-state index contributed by atoms with van der Waals surface area (Å²) in [4.78, 5) is 2.35. The molecule has 0 saturated heterocycles. The second-order valence-corrected chi connectivity index (χ2v) is 22.5. The van der Waals surface area contributed by atoms with Crippen molar-refractivity contribution < 1.29 is 0 Å². The number of nitrogens with zero attached hydrogens (tertiary/aromatic N) is 1. The van der Waals surface area contributed by atoms with Gasteiger partial charge in [-0.3, -0.25) is 0 Å². The quantitative estimate of drug-likeness (QED) is 0.0730. The fourth-order valence-corrected chi connectivity index (χ4v) is 12.6. The van der Waals surface area contributed by atoms with Crippen LogP contribution < -0.4 is 4.90 Å². The third kappa shape index (κ3) is 10.7. The molecule has 0 unspecified atom stereocenters. The fraction of sp³-hybridized carbons (Fsp3) is 0.342. The first-order valence-electron chi connectivity index (χ1n) is 28.5. The van der Waals surface area contributed by atoms with Crippen LogP contribution in [-0.4, -0.2) is 0 Å². The highest BCUT2D eigenvalue weighted by atomic mass is 15.1. The summed E-state index contributed by atoms with van der Waals surface area (Å²) in [6.07, 6.45) is 19.2. The van der Waals surface area contributed by atoms with Gasteiger partial charge in [0.1, 0.15) is 0 Å². The van der Waals surface area contributed by atoms with Gasteiger partial charge in [0.2, 0.25) is 0 Å². The van der Waals surface area contributed by atoms with E-state index in [-0.39, 0.29) is 5.41 Å². The summed E-state index contributed by atoms with van der Waals surface area (Å²) in [6.45, 7) is 20.0. The number of rotatable bonds is 19. The zero-order valence-electron chi connectivity index (χ0n) is 46.5. The van der Waals surface area contributed by atoms with Crippen LogP contribution >= 0.6 is 0 Å². The Balaban J connectivity index is 0.000000193. The smallest absolute Gasteiger partial charge is 0.0713 e. The van der Waals surface area contributed by atoms with Crippen LogP contribution in [0.25, 0.3) is 22.3 Å². The molecule has 0 bridgehead atoms. The molecule has 0 aromatic heterocycles. The molecule has 1 heteroatoms. The van der Waals surface area contributed by atoms with Crippen molar-refractivity contribution in [1.82, 2.24) is 0 Å². The monoisotopic (exact) mass is 974 g/mol. The van der Waals surface area contributed by atoms with Crippen LogP contribution in [0, 0.1) is 48.5 Å². The van der Waals surface area contributed by atoms with Gasteiger partial charge in [0.05, 0.1) is 5.41 Å². The van der Waals surface area contributed by atoms with Crippen molar-refractivity contribution in [3.63, 3.8) is 0 Å². The van der Waals surface area contributed by atoms with Gasteiger partial charge in [-0.15, -0.1) is 0 Å². The number of anilines is 3. The minimum Gasteiger partial charge on any atom is -0.311 e. The van der Waals surface area contributed by atoms with Gasteiger partial charge < -0.3 is 4.90 Å². The highest BCUT2D eigenvalue weighted by Crippen LogP contribution is 2.58. The molecule has 0 heterocycles. The van der Waals surface area contributed by atoms with Crippen LogP contribution in [-0.2, 0) is 10.8 Å². The highest BCUT2D eigenvalue weighted by molar-refractivity contribution is 5.87. The Morgan fingerprint density at radius 1 is 0.284 bits per heavy atom. The topological polar surface area (TPSA) is 3.24 Å². The van der Waals surface area contributed by atoms with Crippen LogP contribution in [0.15, 0.2) is 170 Å². The molecular formula is C73H83N. The summed E-state index contributed by atoms with van der Waals surface area (Å²) in [5.41, 5.74) is 26.7. The molecule has 8 aromatic rings. The fourth-order valence-electron chi connectivity index (χ4n) is 12.6. The normalized spacial score (nSPS) is 13.4. The lowest BCUT2D eigenvalue weighted by Crippen LogP contribution is -2.29. The third-order valence-corrected chi connectivity index (χ3v) is 16.7. The van der Waals surface area contributed by atoms with Crippen molar-refractivity contribution in [1.29, 1.82) is 0 Å². The van der Waals surface area contributed by atoms with Crippen molar-refractivity contribution >= 4 is 17.1 Å². The number of benzene rings is 8. The lowest BCUT2D eigenvalue weighted by molar-refractivity contribution is 0.397. The molecule has 0 saturated carbocycles. The van der Waals surface area contributed by atoms with Gasteiger partial charge in [-0.05, 0) is 153 Å². The van der Waals surface area contributed by atoms with Gasteiger partial charge in [0.15, 0.2) is 0 Å². The van der Waals surface area contributed by atoms with Crippen LogP contribution in [0.2, 0.25) is 0 Å². The first-order chi connectivity index (χ1) is 36.0. The molecule has 2 aliphatic rings. The zero-order valence-corrected chi connectivity index (χ0v) is 46.5. The number of hydrogen-bond donors (Lipinski definition) is 0. The molecule has 74 heavy (non-hydrogen) atoms. The minimum atomic E-state index is -0.409. The first-order valence-corrected chi connectivity index (χ1v) is 28.5. The lowest BCUT2D eigenvalue weighted by Gasteiger charge is -2.35. The molecule has 8 aromatic carbocycles. The van der Waals surface area contributed by atoms with E-state index in [0.29, 0.717) is 0 Å². The predicted molar refractivity (Wildman–Crippen MR) is 320 cm³/mol. The second kappa shape index (κ2) is 23.4. The van der Waals surface area contributed by atoms with E-state index < -0.39 is 5.41 Å². The lowest BCUT2D eigenvalue weighted by atomic mass is 9.67. The first kappa shape index (κ1) is 52.4. The maximum absolute atomic E-state index is 2.53. The van der Waals surface area contributed by atoms with E-state index in [1.807, 2.05) is 0 Å². The molecule has 0 N–H and O–H groups in total. The summed E-state index contributed by atoms with van der Waals surface area (Å²) in [5, 5.41) is 0. The van der Waals surface area contributed by atoms with Crippen molar-refractivity contribution in [2.45, 2.75) is 163 Å². The van der Waals surface area contributed by atoms with E-state index in [2.05, 4.69) is 237 Å². The van der Waals surface area contributed by atoms with Crippen LogP contribution in [0.5, 0.6) is 0 Å². The Morgan fingerprint density at radius 3 is 0.919 bits per heavy atom. The van der Waals surface area contributed by atoms with Crippen molar-refractivity contribution in [2.75, 3.05) is 4.90 Å². The van der Waals surface area contributed by atoms with Gasteiger partial charge in [-0.2, -0.15) is 0 Å². The predicted octanol–water partition coefficient (Wildman–Crippen LogP) is 21.1. The maximum atomic E-state index is 2.53. The summed E-state index contributed by atoms with van der Waals surface area (Å²) in [5.74, 6) is 0. The average molecular weight is 974 g/mol. The van der Waals surface area contributed by atoms with Crippen molar-refractivity contribution in [3.8, 4) is 22.3 Å². The van der Waals surface area contributed by atoms with Crippen molar-refractivity contribution in [2.24, 2.45) is 0 Å².